The molecule has 1 aliphatic heterocycles. The lowest BCUT2D eigenvalue weighted by atomic mass is 9.80. The van der Waals surface area contributed by atoms with E-state index in [2.05, 4.69) is 5.32 Å². The van der Waals surface area contributed by atoms with Crippen molar-refractivity contribution >= 4 is 29.9 Å². The summed E-state index contributed by atoms with van der Waals surface area (Å²) in [6.07, 6.45) is 0.382. The Labute approximate surface area is 189 Å². The lowest BCUT2D eigenvalue weighted by molar-refractivity contribution is -0.384. The van der Waals surface area contributed by atoms with Crippen molar-refractivity contribution in [3.8, 4) is 0 Å². The van der Waals surface area contributed by atoms with Crippen molar-refractivity contribution in [3.63, 3.8) is 0 Å². The molecule has 0 bridgehead atoms. The molecule has 176 valence electrons. The van der Waals surface area contributed by atoms with Gasteiger partial charge in [-0.2, -0.15) is 0 Å². The first-order valence-corrected chi connectivity index (χ1v) is 9.76. The van der Waals surface area contributed by atoms with Gasteiger partial charge in [-0.05, 0) is 33.3 Å². The number of hydrogen-bond acceptors (Lipinski definition) is 10. The van der Waals surface area contributed by atoms with Crippen LogP contribution in [-0.2, 0) is 33.4 Å². The molecule has 0 amide bonds. The molecule has 0 saturated heterocycles. The maximum atomic E-state index is 13.0. The third kappa shape index (κ3) is 5.62. The van der Waals surface area contributed by atoms with E-state index >= 15 is 0 Å². The Morgan fingerprint density at radius 3 is 2.36 bits per heavy atom. The number of methoxy groups -OCH3 is 1. The van der Waals surface area contributed by atoms with E-state index in [1.165, 1.54) is 31.2 Å². The molecule has 0 aliphatic carbocycles. The maximum Gasteiger partial charge on any atom is 0.339 e. The summed E-state index contributed by atoms with van der Waals surface area (Å²) in [6, 6.07) is 5.28. The third-order valence-corrected chi connectivity index (χ3v) is 4.74. The fourth-order valence-corrected chi connectivity index (χ4v) is 3.14. The number of ether oxygens (including phenoxy) is 3. The Balaban J connectivity index is 2.52. The van der Waals surface area contributed by atoms with Crippen molar-refractivity contribution in [3.05, 3.63) is 62.5 Å². The van der Waals surface area contributed by atoms with E-state index in [1.807, 2.05) is 0 Å². The van der Waals surface area contributed by atoms with Gasteiger partial charge >= 0.3 is 17.9 Å². The number of nitrogens with zero attached hydrogens (tertiary/aromatic N) is 1. The van der Waals surface area contributed by atoms with E-state index in [4.69, 9.17) is 14.2 Å². The number of non-ortho nitro benzene ring substituents is 1. The van der Waals surface area contributed by atoms with E-state index < -0.39 is 41.0 Å². The van der Waals surface area contributed by atoms with Crippen LogP contribution in [0.15, 0.2) is 46.8 Å². The highest BCUT2D eigenvalue weighted by Gasteiger charge is 2.39. The molecule has 1 aliphatic rings. The Hall–Kier alpha value is -4.02. The predicted octanol–water partition coefficient (Wildman–Crippen LogP) is 2.27. The Morgan fingerprint density at radius 2 is 1.82 bits per heavy atom. The number of rotatable bonds is 7. The van der Waals surface area contributed by atoms with Gasteiger partial charge in [0.2, 0.25) is 6.79 Å². The van der Waals surface area contributed by atoms with E-state index in [0.29, 0.717) is 6.29 Å². The summed E-state index contributed by atoms with van der Waals surface area (Å²) in [4.78, 5) is 59.8. The first kappa shape index (κ1) is 25.2. The quantitative estimate of drug-likeness (QED) is 0.211. The smallest absolute Gasteiger partial charge is 0.339 e. The van der Waals surface area contributed by atoms with Gasteiger partial charge in [0.05, 0.1) is 40.2 Å². The SMILES string of the molecule is COC(=O)C1=C(C=O)NC(C)=C(C(=O)OCOC(=O)C(C)(C)C)[C@H]1c1cccc([N+](=O)[O-])c1. The predicted molar refractivity (Wildman–Crippen MR) is 113 cm³/mol. The topological polar surface area (TPSA) is 151 Å². The monoisotopic (exact) mass is 460 g/mol. The molecule has 0 radical (unpaired) electrons. The number of benzene rings is 1. The van der Waals surface area contributed by atoms with Gasteiger partial charge in [0.1, 0.15) is 0 Å². The molecule has 0 saturated carbocycles. The number of nitro groups is 1. The van der Waals surface area contributed by atoms with Crippen molar-refractivity contribution < 1.29 is 38.3 Å². The Bertz CT molecular complexity index is 1060. The lowest BCUT2D eigenvalue weighted by Crippen LogP contribution is -2.34. The van der Waals surface area contributed by atoms with Crippen molar-refractivity contribution in [1.82, 2.24) is 5.32 Å². The fraction of sp³-hybridized carbons (Fsp3) is 0.364. The van der Waals surface area contributed by atoms with Gasteiger partial charge in [-0.1, -0.05) is 12.1 Å². The van der Waals surface area contributed by atoms with Crippen LogP contribution in [0.2, 0.25) is 0 Å². The first-order valence-electron chi connectivity index (χ1n) is 9.76. The molecule has 1 atom stereocenters. The van der Waals surface area contributed by atoms with Crippen molar-refractivity contribution in [2.75, 3.05) is 13.9 Å². The van der Waals surface area contributed by atoms with E-state index in [9.17, 15) is 29.3 Å². The molecule has 11 heteroatoms. The number of aldehydes is 1. The van der Waals surface area contributed by atoms with Crippen LogP contribution in [-0.4, -0.2) is 43.0 Å². The second-order valence-electron chi connectivity index (χ2n) is 8.12. The molecule has 0 aromatic heterocycles. The van der Waals surface area contributed by atoms with Gasteiger partial charge in [-0.3, -0.25) is 19.7 Å². The van der Waals surface area contributed by atoms with Crippen LogP contribution >= 0.6 is 0 Å². The number of dihydropyridines is 1. The molecular weight excluding hydrogens is 436 g/mol. The van der Waals surface area contributed by atoms with E-state index in [-0.39, 0.29) is 33.8 Å². The van der Waals surface area contributed by atoms with Crippen molar-refractivity contribution in [2.45, 2.75) is 33.6 Å². The van der Waals surface area contributed by atoms with Crippen LogP contribution in [0.1, 0.15) is 39.2 Å². The fourth-order valence-electron chi connectivity index (χ4n) is 3.14. The van der Waals surface area contributed by atoms with Gasteiger partial charge in [-0.15, -0.1) is 0 Å². The van der Waals surface area contributed by atoms with Crippen LogP contribution in [0.3, 0.4) is 0 Å². The molecule has 0 unspecified atom stereocenters. The largest absolute Gasteiger partial charge is 0.466 e. The van der Waals surface area contributed by atoms with Crippen molar-refractivity contribution in [2.24, 2.45) is 5.41 Å². The third-order valence-electron chi connectivity index (χ3n) is 4.74. The summed E-state index contributed by atoms with van der Waals surface area (Å²) < 4.78 is 14.9. The number of carbonyl (C=O) groups excluding carboxylic acids is 4. The minimum absolute atomic E-state index is 0.103. The molecule has 1 aromatic carbocycles. The second kappa shape index (κ2) is 10.1. The normalized spacial score (nSPS) is 16.0. The van der Waals surface area contributed by atoms with Gasteiger partial charge in [-0.25, -0.2) is 9.59 Å². The Morgan fingerprint density at radius 1 is 1.15 bits per heavy atom. The number of nitrogens with one attached hydrogen (secondary N) is 1. The van der Waals surface area contributed by atoms with Crippen LogP contribution in [0, 0.1) is 15.5 Å². The Kier molecular flexibility index (Phi) is 7.70. The lowest BCUT2D eigenvalue weighted by Gasteiger charge is -2.29. The van der Waals surface area contributed by atoms with Gasteiger partial charge in [0, 0.05) is 17.8 Å². The maximum absolute atomic E-state index is 13.0. The van der Waals surface area contributed by atoms with Crippen LogP contribution in [0.4, 0.5) is 5.69 Å². The average molecular weight is 460 g/mol. The minimum atomic E-state index is -1.22. The molecule has 33 heavy (non-hydrogen) atoms. The summed E-state index contributed by atoms with van der Waals surface area (Å²) in [5.74, 6) is -3.69. The van der Waals surface area contributed by atoms with Crippen LogP contribution in [0.25, 0.3) is 0 Å². The van der Waals surface area contributed by atoms with Gasteiger partial charge < -0.3 is 19.5 Å². The highest BCUT2D eigenvalue weighted by molar-refractivity contribution is 6.03. The average Bonchev–Trinajstić information content (AvgIpc) is 2.76. The highest BCUT2D eigenvalue weighted by Crippen LogP contribution is 2.39. The molecule has 0 fully saturated rings. The minimum Gasteiger partial charge on any atom is -0.466 e. The number of esters is 3. The number of allylic oxidation sites excluding steroid dienone is 2. The molecule has 2 rings (SSSR count). The number of hydrogen-bond donors (Lipinski definition) is 1. The summed E-state index contributed by atoms with van der Waals surface area (Å²) in [7, 11) is 1.09. The van der Waals surface area contributed by atoms with Gasteiger partial charge in [0.25, 0.3) is 5.69 Å². The number of nitro benzene ring substituents is 1. The van der Waals surface area contributed by atoms with Crippen LogP contribution in [0.5, 0.6) is 0 Å². The summed E-state index contributed by atoms with van der Waals surface area (Å²) in [5.41, 5.74) is -1.24. The zero-order chi connectivity index (χ0) is 24.9. The van der Waals surface area contributed by atoms with E-state index in [1.54, 1.807) is 20.8 Å². The molecular formula is C22H24N2O9. The summed E-state index contributed by atoms with van der Waals surface area (Å²) in [5, 5.41) is 13.9. The molecule has 1 N–H and O–H groups in total. The van der Waals surface area contributed by atoms with Gasteiger partial charge in [0.15, 0.2) is 6.29 Å². The van der Waals surface area contributed by atoms with E-state index in [0.717, 1.165) is 7.11 Å². The zero-order valence-corrected chi connectivity index (χ0v) is 18.8. The van der Waals surface area contributed by atoms with Crippen molar-refractivity contribution in [1.29, 1.82) is 0 Å². The molecule has 0 spiro atoms. The second-order valence-corrected chi connectivity index (χ2v) is 8.12. The highest BCUT2D eigenvalue weighted by atomic mass is 16.7. The summed E-state index contributed by atoms with van der Waals surface area (Å²) in [6.45, 7) is 5.66. The summed E-state index contributed by atoms with van der Waals surface area (Å²) >= 11 is 0. The molecule has 1 aromatic rings. The van der Waals surface area contributed by atoms with Crippen LogP contribution < -0.4 is 5.32 Å². The number of carbonyl (C=O) groups is 4. The zero-order valence-electron chi connectivity index (χ0n) is 18.8. The standard InChI is InChI=1S/C22H24N2O9/c1-12-16(20(27)32-11-33-21(28)22(2,3)4)17(13-7-6-8-14(9-13)24(29)30)18(19(26)31-5)15(10-25)23-12/h6-10,17,23H,11H2,1-5H3/t17-/m1/s1. The molecule has 1 heterocycles. The molecule has 11 nitrogen and oxygen atoms in total. The first-order chi connectivity index (χ1) is 15.4.